The molecule has 0 saturated carbocycles. The van der Waals surface area contributed by atoms with Gasteiger partial charge in [0.1, 0.15) is 5.84 Å². The van der Waals surface area contributed by atoms with Crippen molar-refractivity contribution in [3.8, 4) is 11.5 Å². The minimum atomic E-state index is -0.0230. The van der Waals surface area contributed by atoms with E-state index in [1.807, 2.05) is 25.1 Å². The van der Waals surface area contributed by atoms with Gasteiger partial charge in [-0.25, -0.2) is 0 Å². The maximum absolute atomic E-state index is 8.55. The molecule has 0 aliphatic carbocycles. The lowest BCUT2D eigenvalue weighted by atomic mass is 10.1. The number of nitrogens with one attached hydrogen (secondary N) is 1. The number of hydrogen-bond donors (Lipinski definition) is 3. The lowest BCUT2D eigenvalue weighted by Crippen LogP contribution is -2.31. The Balaban J connectivity index is 2.54. The van der Waals surface area contributed by atoms with Crippen LogP contribution in [0.5, 0.6) is 11.5 Å². The molecule has 1 unspecified atom stereocenters. The third-order valence-corrected chi connectivity index (χ3v) is 2.85. The van der Waals surface area contributed by atoms with E-state index in [0.29, 0.717) is 24.6 Å². The monoisotopic (exact) mass is 267 g/mol. The molecule has 0 saturated heterocycles. The highest BCUT2D eigenvalue weighted by Gasteiger charge is 2.08. The summed E-state index contributed by atoms with van der Waals surface area (Å²) in [7, 11) is 3.21. The molecule has 0 aliphatic heterocycles. The molecule has 0 spiro atoms. The number of methoxy groups -OCH3 is 2. The van der Waals surface area contributed by atoms with E-state index in [-0.39, 0.29) is 11.8 Å². The molecule has 0 aromatic heterocycles. The molecule has 0 heterocycles. The maximum Gasteiger partial charge on any atom is 0.161 e. The maximum atomic E-state index is 8.55. The van der Waals surface area contributed by atoms with Crippen LogP contribution >= 0.6 is 0 Å². The van der Waals surface area contributed by atoms with Gasteiger partial charge in [-0.15, -0.1) is 0 Å². The van der Waals surface area contributed by atoms with Crippen LogP contribution in [0.3, 0.4) is 0 Å². The highest BCUT2D eigenvalue weighted by Crippen LogP contribution is 2.27. The van der Waals surface area contributed by atoms with Crippen molar-refractivity contribution in [2.24, 2.45) is 16.8 Å². The van der Waals surface area contributed by atoms with Crippen molar-refractivity contribution in [1.82, 2.24) is 5.32 Å². The quantitative estimate of drug-likeness (QED) is 0.299. The summed E-state index contributed by atoms with van der Waals surface area (Å²) in [4.78, 5) is 0. The first-order chi connectivity index (χ1) is 9.12. The SMILES string of the molecule is COc1ccc(CNCC(C)C(N)=NO)cc1OC. The van der Waals surface area contributed by atoms with E-state index in [4.69, 9.17) is 20.4 Å². The van der Waals surface area contributed by atoms with Gasteiger partial charge in [0.15, 0.2) is 11.5 Å². The highest BCUT2D eigenvalue weighted by molar-refractivity contribution is 5.82. The van der Waals surface area contributed by atoms with E-state index < -0.39 is 0 Å². The van der Waals surface area contributed by atoms with Gasteiger partial charge in [0.25, 0.3) is 0 Å². The number of ether oxygens (including phenoxy) is 2. The average molecular weight is 267 g/mol. The summed E-state index contributed by atoms with van der Waals surface area (Å²) in [5, 5.41) is 14.8. The summed E-state index contributed by atoms with van der Waals surface area (Å²) >= 11 is 0. The van der Waals surface area contributed by atoms with Gasteiger partial charge in [0.05, 0.1) is 14.2 Å². The van der Waals surface area contributed by atoms with E-state index in [1.54, 1.807) is 14.2 Å². The first-order valence-corrected chi connectivity index (χ1v) is 6.01. The second kappa shape index (κ2) is 7.48. The standard InChI is InChI=1S/C13H21N3O3/c1-9(13(14)16-17)7-15-8-10-4-5-11(18-2)12(6-10)19-3/h4-6,9,15,17H,7-8H2,1-3H3,(H2,14,16). The topological polar surface area (TPSA) is 89.1 Å². The van der Waals surface area contributed by atoms with Crippen LogP contribution in [0.4, 0.5) is 0 Å². The van der Waals surface area contributed by atoms with Gasteiger partial charge >= 0.3 is 0 Å². The van der Waals surface area contributed by atoms with Crippen molar-refractivity contribution in [3.05, 3.63) is 23.8 Å². The Morgan fingerprint density at radius 1 is 1.37 bits per heavy atom. The normalized spacial score (nSPS) is 13.1. The zero-order valence-corrected chi connectivity index (χ0v) is 11.5. The third kappa shape index (κ3) is 4.33. The Hall–Kier alpha value is -1.95. The van der Waals surface area contributed by atoms with E-state index >= 15 is 0 Å². The fraction of sp³-hybridized carbons (Fsp3) is 0.462. The Bertz CT molecular complexity index is 435. The number of rotatable bonds is 7. The minimum absolute atomic E-state index is 0.0230. The van der Waals surface area contributed by atoms with E-state index in [1.165, 1.54) is 0 Å². The molecule has 0 bridgehead atoms. The van der Waals surface area contributed by atoms with E-state index in [0.717, 1.165) is 5.56 Å². The number of amidine groups is 1. The summed E-state index contributed by atoms with van der Waals surface area (Å²) in [6.07, 6.45) is 0. The van der Waals surface area contributed by atoms with Crippen molar-refractivity contribution < 1.29 is 14.7 Å². The highest BCUT2D eigenvalue weighted by atomic mass is 16.5. The second-order valence-corrected chi connectivity index (χ2v) is 4.25. The van der Waals surface area contributed by atoms with Crippen LogP contribution in [-0.4, -0.2) is 31.8 Å². The molecule has 0 amide bonds. The van der Waals surface area contributed by atoms with Gasteiger partial charge < -0.3 is 25.7 Å². The predicted octanol–water partition coefficient (Wildman–Crippen LogP) is 1.18. The Morgan fingerprint density at radius 3 is 2.63 bits per heavy atom. The smallest absolute Gasteiger partial charge is 0.161 e. The molecule has 19 heavy (non-hydrogen) atoms. The molecule has 106 valence electrons. The lowest BCUT2D eigenvalue weighted by Gasteiger charge is -2.12. The van der Waals surface area contributed by atoms with Gasteiger partial charge in [-0.3, -0.25) is 0 Å². The molecule has 1 rings (SSSR count). The molecule has 4 N–H and O–H groups in total. The van der Waals surface area contributed by atoms with E-state index in [9.17, 15) is 0 Å². The van der Waals surface area contributed by atoms with Crippen molar-refractivity contribution in [2.45, 2.75) is 13.5 Å². The predicted molar refractivity (Wildman–Crippen MR) is 73.8 cm³/mol. The Morgan fingerprint density at radius 2 is 2.05 bits per heavy atom. The number of nitrogens with zero attached hydrogens (tertiary/aromatic N) is 1. The van der Waals surface area contributed by atoms with Crippen LogP contribution in [0.1, 0.15) is 12.5 Å². The van der Waals surface area contributed by atoms with Gasteiger partial charge in [-0.05, 0) is 17.7 Å². The summed E-state index contributed by atoms with van der Waals surface area (Å²) in [6.45, 7) is 3.18. The summed E-state index contributed by atoms with van der Waals surface area (Å²) in [5.74, 6) is 1.60. The largest absolute Gasteiger partial charge is 0.493 e. The molecule has 0 aliphatic rings. The lowest BCUT2D eigenvalue weighted by molar-refractivity contribution is 0.314. The molecule has 0 radical (unpaired) electrons. The van der Waals surface area contributed by atoms with E-state index in [2.05, 4.69) is 10.5 Å². The van der Waals surface area contributed by atoms with Crippen molar-refractivity contribution in [3.63, 3.8) is 0 Å². The van der Waals surface area contributed by atoms with Crippen LogP contribution in [-0.2, 0) is 6.54 Å². The second-order valence-electron chi connectivity index (χ2n) is 4.25. The molecule has 1 aromatic rings. The number of nitrogens with two attached hydrogens (primary N) is 1. The Labute approximate surface area is 113 Å². The fourth-order valence-corrected chi connectivity index (χ4v) is 1.63. The van der Waals surface area contributed by atoms with Crippen molar-refractivity contribution >= 4 is 5.84 Å². The molecule has 0 fully saturated rings. The molecular formula is C13H21N3O3. The first-order valence-electron chi connectivity index (χ1n) is 6.01. The Kier molecular flexibility index (Phi) is 5.95. The van der Waals surface area contributed by atoms with Crippen molar-refractivity contribution in [2.75, 3.05) is 20.8 Å². The van der Waals surface area contributed by atoms with Crippen LogP contribution in [0.15, 0.2) is 23.4 Å². The van der Waals surface area contributed by atoms with Gasteiger partial charge in [-0.1, -0.05) is 18.1 Å². The molecule has 1 aromatic carbocycles. The average Bonchev–Trinajstić information content (AvgIpc) is 2.45. The number of hydrogen-bond acceptors (Lipinski definition) is 5. The minimum Gasteiger partial charge on any atom is -0.493 e. The van der Waals surface area contributed by atoms with Crippen molar-refractivity contribution in [1.29, 1.82) is 0 Å². The van der Waals surface area contributed by atoms with Gasteiger partial charge in [0, 0.05) is 19.0 Å². The van der Waals surface area contributed by atoms with Crippen LogP contribution in [0.2, 0.25) is 0 Å². The van der Waals surface area contributed by atoms with Crippen LogP contribution in [0.25, 0.3) is 0 Å². The molecule has 1 atom stereocenters. The zero-order valence-electron chi connectivity index (χ0n) is 11.5. The fourth-order valence-electron chi connectivity index (χ4n) is 1.63. The summed E-state index contributed by atoms with van der Waals surface area (Å²) in [6, 6.07) is 5.74. The van der Waals surface area contributed by atoms with Crippen LogP contribution in [0, 0.1) is 5.92 Å². The number of benzene rings is 1. The molecule has 6 nitrogen and oxygen atoms in total. The first kappa shape index (κ1) is 15.1. The molecular weight excluding hydrogens is 246 g/mol. The third-order valence-electron chi connectivity index (χ3n) is 2.85. The summed E-state index contributed by atoms with van der Waals surface area (Å²) in [5.41, 5.74) is 6.58. The number of oxime groups is 1. The molecule has 6 heteroatoms. The zero-order chi connectivity index (χ0) is 14.3. The van der Waals surface area contributed by atoms with Gasteiger partial charge in [-0.2, -0.15) is 0 Å². The van der Waals surface area contributed by atoms with Crippen LogP contribution < -0.4 is 20.5 Å². The van der Waals surface area contributed by atoms with Gasteiger partial charge in [0.2, 0.25) is 0 Å². The summed E-state index contributed by atoms with van der Waals surface area (Å²) < 4.78 is 10.4.